The molecule has 0 spiro atoms. The topological polar surface area (TPSA) is 40.5 Å². The minimum absolute atomic E-state index is 0.0349. The predicted molar refractivity (Wildman–Crippen MR) is 48.7 cm³/mol. The molecule has 0 fully saturated rings. The third-order valence-electron chi connectivity index (χ3n) is 1.37. The van der Waals surface area contributed by atoms with Crippen LogP contribution in [-0.4, -0.2) is 35.6 Å². The van der Waals surface area contributed by atoms with Crippen molar-refractivity contribution in [1.82, 2.24) is 4.90 Å². The van der Waals surface area contributed by atoms with Gasteiger partial charge in [0.05, 0.1) is 6.61 Å². The Hall–Kier alpha value is -1.09. The second kappa shape index (κ2) is 5.55. The molecule has 12 heavy (non-hydrogen) atoms. The Balaban J connectivity index is 4.17. The molecule has 0 aliphatic heterocycles. The van der Waals surface area contributed by atoms with Crippen molar-refractivity contribution >= 4 is 5.91 Å². The maximum Gasteiger partial charge on any atom is 0.249 e. The van der Waals surface area contributed by atoms with Gasteiger partial charge < -0.3 is 10.0 Å². The molecular weight excluding hydrogens is 154 g/mol. The highest BCUT2D eigenvalue weighted by Gasteiger charge is 2.10. The second-order valence-electron chi connectivity index (χ2n) is 2.54. The summed E-state index contributed by atoms with van der Waals surface area (Å²) in [4.78, 5) is 12.8. The van der Waals surface area contributed by atoms with Crippen LogP contribution in [0.2, 0.25) is 0 Å². The number of carbonyl (C=O) groups excluding carboxylic acids is 1. The first-order valence-corrected chi connectivity index (χ1v) is 3.80. The van der Waals surface area contributed by atoms with Crippen molar-refractivity contribution in [1.29, 1.82) is 0 Å². The quantitative estimate of drug-likeness (QED) is 0.483. The monoisotopic (exact) mass is 169 g/mol. The fraction of sp³-hybridized carbons (Fsp3) is 0.444. The zero-order chi connectivity index (χ0) is 9.56. The minimum atomic E-state index is -0.135. The van der Waals surface area contributed by atoms with Gasteiger partial charge in [0.1, 0.15) is 0 Å². The molecular formula is C9H15NO2. The molecule has 0 aromatic rings. The Labute approximate surface area is 73.0 Å². The number of aliphatic hydroxyl groups excluding tert-OH is 1. The highest BCUT2D eigenvalue weighted by atomic mass is 16.3. The Morgan fingerprint density at radius 3 is 2.58 bits per heavy atom. The largest absolute Gasteiger partial charge is 0.395 e. The predicted octanol–water partition coefficient (Wildman–Crippen LogP) is 0.569. The van der Waals surface area contributed by atoms with Crippen molar-refractivity contribution in [2.75, 3.05) is 19.7 Å². The van der Waals surface area contributed by atoms with Crippen LogP contribution in [0, 0.1) is 0 Å². The van der Waals surface area contributed by atoms with Gasteiger partial charge in [-0.3, -0.25) is 4.79 Å². The summed E-state index contributed by atoms with van der Waals surface area (Å²) in [6.45, 7) is 9.45. The standard InChI is InChI=1S/C9H15NO2/c1-4-5-10(6-7-11)9(12)8(2)3/h4,11H,1-2,5-7H2,3H3. The lowest BCUT2D eigenvalue weighted by Gasteiger charge is -2.19. The van der Waals surface area contributed by atoms with E-state index < -0.39 is 0 Å². The summed E-state index contributed by atoms with van der Waals surface area (Å²) >= 11 is 0. The highest BCUT2D eigenvalue weighted by Crippen LogP contribution is 1.97. The third kappa shape index (κ3) is 3.34. The van der Waals surface area contributed by atoms with Crippen LogP contribution in [0.3, 0.4) is 0 Å². The zero-order valence-electron chi connectivity index (χ0n) is 7.42. The van der Waals surface area contributed by atoms with Gasteiger partial charge in [0.25, 0.3) is 0 Å². The SMILES string of the molecule is C=CCN(CCO)C(=O)C(=C)C. The lowest BCUT2D eigenvalue weighted by molar-refractivity contribution is -0.127. The Morgan fingerprint density at radius 2 is 2.25 bits per heavy atom. The molecule has 0 aromatic carbocycles. The van der Waals surface area contributed by atoms with E-state index in [1.807, 2.05) is 0 Å². The van der Waals surface area contributed by atoms with Gasteiger partial charge in [-0.25, -0.2) is 0 Å². The van der Waals surface area contributed by atoms with Crippen LogP contribution >= 0.6 is 0 Å². The van der Waals surface area contributed by atoms with Crippen molar-refractivity contribution < 1.29 is 9.90 Å². The number of nitrogens with zero attached hydrogens (tertiary/aromatic N) is 1. The van der Waals surface area contributed by atoms with Crippen molar-refractivity contribution in [3.05, 3.63) is 24.8 Å². The van der Waals surface area contributed by atoms with Crippen LogP contribution in [0.4, 0.5) is 0 Å². The lowest BCUT2D eigenvalue weighted by Crippen LogP contribution is -2.33. The van der Waals surface area contributed by atoms with Crippen LogP contribution in [0.15, 0.2) is 24.8 Å². The highest BCUT2D eigenvalue weighted by molar-refractivity contribution is 5.92. The summed E-state index contributed by atoms with van der Waals surface area (Å²) in [5.74, 6) is -0.135. The Kier molecular flexibility index (Phi) is 5.04. The molecule has 68 valence electrons. The Bertz CT molecular complexity index is 187. The number of rotatable bonds is 5. The van der Waals surface area contributed by atoms with Gasteiger partial charge in [0.2, 0.25) is 5.91 Å². The summed E-state index contributed by atoms with van der Waals surface area (Å²) in [5, 5.41) is 8.64. The first kappa shape index (κ1) is 10.9. The molecule has 1 N–H and O–H groups in total. The molecule has 1 amide bonds. The molecule has 3 heteroatoms. The maximum atomic E-state index is 11.3. The van der Waals surface area contributed by atoms with Crippen molar-refractivity contribution in [2.24, 2.45) is 0 Å². The number of hydrogen-bond donors (Lipinski definition) is 1. The van der Waals surface area contributed by atoms with Crippen molar-refractivity contribution in [2.45, 2.75) is 6.92 Å². The van der Waals surface area contributed by atoms with E-state index in [-0.39, 0.29) is 12.5 Å². The van der Waals surface area contributed by atoms with Crippen LogP contribution in [0.5, 0.6) is 0 Å². The molecule has 0 atom stereocenters. The first-order valence-electron chi connectivity index (χ1n) is 3.80. The molecule has 0 aromatic heterocycles. The van der Waals surface area contributed by atoms with Gasteiger partial charge in [-0.1, -0.05) is 12.7 Å². The van der Waals surface area contributed by atoms with E-state index in [1.165, 1.54) is 4.90 Å². The molecule has 0 saturated carbocycles. The lowest BCUT2D eigenvalue weighted by atomic mass is 10.3. The average molecular weight is 169 g/mol. The van der Waals surface area contributed by atoms with E-state index in [0.29, 0.717) is 18.7 Å². The van der Waals surface area contributed by atoms with Crippen LogP contribution in [0.25, 0.3) is 0 Å². The van der Waals surface area contributed by atoms with E-state index in [9.17, 15) is 4.79 Å². The number of amides is 1. The van der Waals surface area contributed by atoms with Crippen molar-refractivity contribution in [3.63, 3.8) is 0 Å². The smallest absolute Gasteiger partial charge is 0.249 e. The number of carbonyl (C=O) groups is 1. The zero-order valence-corrected chi connectivity index (χ0v) is 7.42. The van der Waals surface area contributed by atoms with E-state index in [4.69, 9.17) is 5.11 Å². The van der Waals surface area contributed by atoms with Gasteiger partial charge in [0, 0.05) is 18.7 Å². The summed E-state index contributed by atoms with van der Waals surface area (Å²) in [6, 6.07) is 0. The number of hydrogen-bond acceptors (Lipinski definition) is 2. The van der Waals surface area contributed by atoms with Crippen LogP contribution in [-0.2, 0) is 4.79 Å². The molecule has 0 aliphatic rings. The van der Waals surface area contributed by atoms with Gasteiger partial charge in [-0.05, 0) is 6.92 Å². The van der Waals surface area contributed by atoms with Gasteiger partial charge in [-0.15, -0.1) is 6.58 Å². The molecule has 0 rings (SSSR count). The number of aliphatic hydroxyl groups is 1. The average Bonchev–Trinajstić information content (AvgIpc) is 2.03. The first-order chi connectivity index (χ1) is 5.63. The summed E-state index contributed by atoms with van der Waals surface area (Å²) in [7, 11) is 0. The van der Waals surface area contributed by atoms with Crippen LogP contribution in [0.1, 0.15) is 6.92 Å². The van der Waals surface area contributed by atoms with E-state index >= 15 is 0 Å². The second-order valence-corrected chi connectivity index (χ2v) is 2.54. The normalized spacial score (nSPS) is 9.17. The van der Waals surface area contributed by atoms with E-state index in [1.54, 1.807) is 13.0 Å². The van der Waals surface area contributed by atoms with Crippen LogP contribution < -0.4 is 0 Å². The van der Waals surface area contributed by atoms with E-state index in [2.05, 4.69) is 13.2 Å². The van der Waals surface area contributed by atoms with Gasteiger partial charge in [-0.2, -0.15) is 0 Å². The fourth-order valence-corrected chi connectivity index (χ4v) is 0.822. The molecule has 0 saturated heterocycles. The molecule has 0 unspecified atom stereocenters. The van der Waals surface area contributed by atoms with Gasteiger partial charge in [0.15, 0.2) is 0 Å². The summed E-state index contributed by atoms with van der Waals surface area (Å²) < 4.78 is 0. The molecule has 0 aliphatic carbocycles. The summed E-state index contributed by atoms with van der Waals surface area (Å²) in [6.07, 6.45) is 1.62. The third-order valence-corrected chi connectivity index (χ3v) is 1.37. The summed E-state index contributed by atoms with van der Waals surface area (Å²) in [5.41, 5.74) is 0.477. The molecule has 0 bridgehead atoms. The maximum absolute atomic E-state index is 11.3. The molecule has 3 nitrogen and oxygen atoms in total. The molecule has 0 heterocycles. The minimum Gasteiger partial charge on any atom is -0.395 e. The fourth-order valence-electron chi connectivity index (χ4n) is 0.822. The molecule has 0 radical (unpaired) electrons. The van der Waals surface area contributed by atoms with Gasteiger partial charge >= 0.3 is 0 Å². The van der Waals surface area contributed by atoms with Crippen molar-refractivity contribution in [3.8, 4) is 0 Å². The Morgan fingerprint density at radius 1 is 1.67 bits per heavy atom. The van der Waals surface area contributed by atoms with E-state index in [0.717, 1.165) is 0 Å².